The zero-order valence-corrected chi connectivity index (χ0v) is 19.2. The van der Waals surface area contributed by atoms with E-state index < -0.39 is 11.5 Å². The number of hydrogen-bond donors (Lipinski definition) is 2. The first-order valence-corrected chi connectivity index (χ1v) is 10.5. The van der Waals surface area contributed by atoms with Crippen LogP contribution < -0.4 is 10.6 Å². The molecule has 0 aliphatic rings. The third-order valence-corrected chi connectivity index (χ3v) is 5.78. The first-order chi connectivity index (χ1) is 15.8. The molecule has 1 unspecified atom stereocenters. The molecule has 170 valence electrons. The summed E-state index contributed by atoms with van der Waals surface area (Å²) in [6.07, 6.45) is 3.29. The average Bonchev–Trinajstić information content (AvgIpc) is 3.07. The Bertz CT molecular complexity index is 1180. The van der Waals surface area contributed by atoms with E-state index in [1.54, 1.807) is 24.5 Å². The summed E-state index contributed by atoms with van der Waals surface area (Å²) in [6.45, 7) is 5.51. The van der Waals surface area contributed by atoms with Crippen LogP contribution in [0.2, 0.25) is 0 Å². The minimum absolute atomic E-state index is 0.0306. The fourth-order valence-electron chi connectivity index (χ4n) is 3.76. The molecule has 3 rings (SSSR count). The Kier molecular flexibility index (Phi) is 7.26. The first kappa shape index (κ1) is 23.7. The molecule has 0 spiro atoms. The molecule has 2 aromatic heterocycles. The second kappa shape index (κ2) is 10.1. The number of methoxy groups -OCH3 is 1. The number of hydrogen-bond acceptors (Lipinski definition) is 6. The number of aromatic nitrogens is 2. The molecule has 2 heterocycles. The number of nitrogens with zero attached hydrogens (tertiary/aromatic N) is 3. The summed E-state index contributed by atoms with van der Waals surface area (Å²) in [5, 5.41) is 15.8. The lowest BCUT2D eigenvalue weighted by atomic mass is 9.89. The molecule has 0 aliphatic heterocycles. The van der Waals surface area contributed by atoms with Crippen molar-refractivity contribution in [2.24, 2.45) is 0 Å². The standard InChI is InChI=1S/C25H27N5O3/c1-17-18(2)30(20-8-6-5-7-9-20)24(21(17)15-26)29-22(31)16-28-25(3,14-23(32)33-4)19-10-12-27-13-11-19/h5-13,28H,14,16H2,1-4H3,(H,29,31). The fourth-order valence-corrected chi connectivity index (χ4v) is 3.76. The van der Waals surface area contributed by atoms with Crippen molar-refractivity contribution >= 4 is 17.7 Å². The van der Waals surface area contributed by atoms with E-state index in [-0.39, 0.29) is 18.9 Å². The first-order valence-electron chi connectivity index (χ1n) is 10.5. The third kappa shape index (κ3) is 5.10. The van der Waals surface area contributed by atoms with Gasteiger partial charge in [0.2, 0.25) is 5.91 Å². The lowest BCUT2D eigenvalue weighted by Crippen LogP contribution is -2.45. The molecule has 33 heavy (non-hydrogen) atoms. The van der Waals surface area contributed by atoms with Crippen LogP contribution in [0.5, 0.6) is 0 Å². The minimum Gasteiger partial charge on any atom is -0.469 e. The van der Waals surface area contributed by atoms with E-state index in [9.17, 15) is 14.9 Å². The number of carbonyl (C=O) groups excluding carboxylic acids is 2. The van der Waals surface area contributed by atoms with E-state index in [1.165, 1.54) is 7.11 Å². The second-order valence-electron chi connectivity index (χ2n) is 7.94. The van der Waals surface area contributed by atoms with Crippen molar-refractivity contribution in [2.75, 3.05) is 19.0 Å². The maximum Gasteiger partial charge on any atom is 0.307 e. The van der Waals surface area contributed by atoms with Gasteiger partial charge in [0.25, 0.3) is 0 Å². The van der Waals surface area contributed by atoms with Gasteiger partial charge in [-0.15, -0.1) is 0 Å². The number of anilines is 1. The highest BCUT2D eigenvalue weighted by molar-refractivity contribution is 5.93. The molecule has 0 bridgehead atoms. The number of carbonyl (C=O) groups is 2. The lowest BCUT2D eigenvalue weighted by Gasteiger charge is -2.30. The summed E-state index contributed by atoms with van der Waals surface area (Å²) in [7, 11) is 1.33. The van der Waals surface area contributed by atoms with Gasteiger partial charge in [0.05, 0.1) is 31.2 Å². The zero-order valence-electron chi connectivity index (χ0n) is 19.2. The Morgan fingerprint density at radius 3 is 2.42 bits per heavy atom. The molecule has 1 aromatic carbocycles. The van der Waals surface area contributed by atoms with E-state index in [0.717, 1.165) is 22.5 Å². The van der Waals surface area contributed by atoms with Crippen LogP contribution in [0.3, 0.4) is 0 Å². The van der Waals surface area contributed by atoms with E-state index in [1.807, 2.05) is 55.7 Å². The highest BCUT2D eigenvalue weighted by atomic mass is 16.5. The predicted molar refractivity (Wildman–Crippen MR) is 125 cm³/mol. The monoisotopic (exact) mass is 445 g/mol. The maximum atomic E-state index is 13.0. The van der Waals surface area contributed by atoms with Gasteiger partial charge in [-0.05, 0) is 56.2 Å². The summed E-state index contributed by atoms with van der Waals surface area (Å²) >= 11 is 0. The summed E-state index contributed by atoms with van der Waals surface area (Å²) in [6, 6.07) is 15.3. The van der Waals surface area contributed by atoms with Crippen LogP contribution >= 0.6 is 0 Å². The molecule has 8 heteroatoms. The highest BCUT2D eigenvalue weighted by Crippen LogP contribution is 2.30. The topological polar surface area (TPSA) is 109 Å². The summed E-state index contributed by atoms with van der Waals surface area (Å²) in [4.78, 5) is 29.1. The molecule has 1 amide bonds. The highest BCUT2D eigenvalue weighted by Gasteiger charge is 2.31. The number of ether oxygens (including phenoxy) is 1. The fraction of sp³-hybridized carbons (Fsp3) is 0.280. The van der Waals surface area contributed by atoms with Crippen molar-refractivity contribution < 1.29 is 14.3 Å². The smallest absolute Gasteiger partial charge is 0.307 e. The van der Waals surface area contributed by atoms with Crippen LogP contribution in [-0.2, 0) is 19.9 Å². The number of esters is 1. The summed E-state index contributed by atoms with van der Waals surface area (Å²) in [5.74, 6) is -0.325. The summed E-state index contributed by atoms with van der Waals surface area (Å²) in [5.41, 5.74) is 2.88. The van der Waals surface area contributed by atoms with Crippen molar-refractivity contribution in [3.8, 4) is 11.8 Å². The maximum absolute atomic E-state index is 13.0. The Morgan fingerprint density at radius 2 is 1.82 bits per heavy atom. The molecule has 8 nitrogen and oxygen atoms in total. The van der Waals surface area contributed by atoms with E-state index in [0.29, 0.717) is 11.4 Å². The summed E-state index contributed by atoms with van der Waals surface area (Å²) < 4.78 is 6.71. The average molecular weight is 446 g/mol. The van der Waals surface area contributed by atoms with Crippen molar-refractivity contribution in [1.29, 1.82) is 5.26 Å². The Hall–Kier alpha value is -3.96. The van der Waals surface area contributed by atoms with Crippen molar-refractivity contribution in [2.45, 2.75) is 32.7 Å². The van der Waals surface area contributed by atoms with Crippen LogP contribution in [0.25, 0.3) is 5.69 Å². The number of pyridine rings is 1. The number of rotatable bonds is 8. The van der Waals surface area contributed by atoms with Crippen molar-refractivity contribution in [3.05, 3.63) is 77.2 Å². The molecule has 0 aliphatic carbocycles. The molecule has 2 N–H and O–H groups in total. The van der Waals surface area contributed by atoms with Gasteiger partial charge in [-0.25, -0.2) is 0 Å². The molecule has 0 saturated carbocycles. The zero-order chi connectivity index (χ0) is 24.0. The second-order valence-corrected chi connectivity index (χ2v) is 7.94. The SMILES string of the molecule is COC(=O)CC(C)(NCC(=O)Nc1c(C#N)c(C)c(C)n1-c1ccccc1)c1ccncc1. The predicted octanol–water partition coefficient (Wildman–Crippen LogP) is 3.37. The van der Waals surface area contributed by atoms with E-state index in [2.05, 4.69) is 21.7 Å². The minimum atomic E-state index is -0.849. The number of amides is 1. The van der Waals surface area contributed by atoms with Gasteiger partial charge in [-0.3, -0.25) is 24.5 Å². The number of nitrogens with one attached hydrogen (secondary N) is 2. The molecule has 0 radical (unpaired) electrons. The van der Waals surface area contributed by atoms with Crippen molar-refractivity contribution in [3.63, 3.8) is 0 Å². The van der Waals surface area contributed by atoms with Gasteiger partial charge < -0.3 is 10.1 Å². The van der Waals surface area contributed by atoms with Crippen LogP contribution in [0, 0.1) is 25.2 Å². The largest absolute Gasteiger partial charge is 0.469 e. The van der Waals surface area contributed by atoms with Gasteiger partial charge in [-0.2, -0.15) is 5.26 Å². The van der Waals surface area contributed by atoms with Gasteiger partial charge in [0, 0.05) is 23.8 Å². The molecule has 0 saturated heterocycles. The Morgan fingerprint density at radius 1 is 1.15 bits per heavy atom. The van der Waals surface area contributed by atoms with Crippen LogP contribution in [0.15, 0.2) is 54.9 Å². The third-order valence-electron chi connectivity index (χ3n) is 5.78. The molecule has 0 fully saturated rings. The number of nitriles is 1. The quantitative estimate of drug-likeness (QED) is 0.515. The van der Waals surface area contributed by atoms with Gasteiger partial charge >= 0.3 is 5.97 Å². The van der Waals surface area contributed by atoms with Crippen LogP contribution in [-0.4, -0.2) is 35.1 Å². The molecule has 3 aromatic rings. The normalized spacial score (nSPS) is 12.5. The van der Waals surface area contributed by atoms with Gasteiger partial charge in [-0.1, -0.05) is 18.2 Å². The Balaban J connectivity index is 1.87. The molecular weight excluding hydrogens is 418 g/mol. The lowest BCUT2D eigenvalue weighted by molar-refractivity contribution is -0.142. The van der Waals surface area contributed by atoms with E-state index in [4.69, 9.17) is 4.74 Å². The van der Waals surface area contributed by atoms with Crippen molar-refractivity contribution in [1.82, 2.24) is 14.9 Å². The van der Waals surface area contributed by atoms with Crippen LogP contribution in [0.1, 0.15) is 35.7 Å². The Labute approximate surface area is 193 Å². The number of para-hydroxylation sites is 1. The van der Waals surface area contributed by atoms with Crippen LogP contribution in [0.4, 0.5) is 5.82 Å². The van der Waals surface area contributed by atoms with Gasteiger partial charge in [0.15, 0.2) is 0 Å². The van der Waals surface area contributed by atoms with Gasteiger partial charge in [0.1, 0.15) is 11.9 Å². The molecule has 1 atom stereocenters. The van der Waals surface area contributed by atoms with E-state index >= 15 is 0 Å². The number of benzene rings is 1. The molecular formula is C25H27N5O3.